The fraction of sp³-hybridized carbons (Fsp3) is 0.0526. The Hall–Kier alpha value is -1.95. The van der Waals surface area contributed by atoms with E-state index in [0.717, 1.165) is 15.3 Å². The second kappa shape index (κ2) is 6.16. The van der Waals surface area contributed by atoms with Gasteiger partial charge in [-0.3, -0.25) is 0 Å². The molecule has 0 fully saturated rings. The van der Waals surface area contributed by atoms with E-state index in [1.54, 1.807) is 23.5 Å². The van der Waals surface area contributed by atoms with Crippen molar-refractivity contribution in [2.45, 2.75) is 6.42 Å². The van der Waals surface area contributed by atoms with Gasteiger partial charge >= 0.3 is 0 Å². The van der Waals surface area contributed by atoms with Gasteiger partial charge in [0.05, 0.1) is 9.81 Å². The van der Waals surface area contributed by atoms with Gasteiger partial charge in [-0.15, -0.1) is 22.7 Å². The van der Waals surface area contributed by atoms with Gasteiger partial charge in [-0.25, -0.2) is 8.42 Å². The van der Waals surface area contributed by atoms with Crippen molar-refractivity contribution in [3.05, 3.63) is 87.5 Å². The molecule has 0 radical (unpaired) electrons. The highest BCUT2D eigenvalue weighted by molar-refractivity contribution is 8.04. The maximum absolute atomic E-state index is 12.9. The van der Waals surface area contributed by atoms with E-state index >= 15 is 0 Å². The molecule has 3 aromatic rings. The van der Waals surface area contributed by atoms with Crippen molar-refractivity contribution in [2.75, 3.05) is 0 Å². The van der Waals surface area contributed by atoms with Gasteiger partial charge in [0.1, 0.15) is 0 Å². The molecular formula is C19H14O2S3. The second-order valence-electron chi connectivity index (χ2n) is 5.47. The lowest BCUT2D eigenvalue weighted by Gasteiger charge is -2.06. The highest BCUT2D eigenvalue weighted by Crippen LogP contribution is 2.40. The molecule has 0 saturated carbocycles. The molecule has 2 nitrogen and oxygen atoms in total. The van der Waals surface area contributed by atoms with Crippen molar-refractivity contribution >= 4 is 37.4 Å². The van der Waals surface area contributed by atoms with Crippen LogP contribution in [0.15, 0.2) is 77.0 Å². The summed E-state index contributed by atoms with van der Waals surface area (Å²) in [7, 11) is -3.40. The Morgan fingerprint density at radius 3 is 2.33 bits per heavy atom. The minimum absolute atomic E-state index is 0.418. The fourth-order valence-electron chi connectivity index (χ4n) is 2.68. The minimum atomic E-state index is -3.40. The van der Waals surface area contributed by atoms with Crippen LogP contribution in [0.3, 0.4) is 0 Å². The van der Waals surface area contributed by atoms with Gasteiger partial charge in [0.15, 0.2) is 0 Å². The first-order valence-electron chi connectivity index (χ1n) is 7.48. The lowest BCUT2D eigenvalue weighted by molar-refractivity contribution is 0.611. The Balaban J connectivity index is 1.60. The van der Waals surface area contributed by atoms with Crippen molar-refractivity contribution in [2.24, 2.45) is 0 Å². The summed E-state index contributed by atoms with van der Waals surface area (Å²) in [6.07, 6.45) is 3.91. The number of benzene rings is 1. The normalized spacial score (nSPS) is 16.0. The van der Waals surface area contributed by atoms with E-state index in [-0.39, 0.29) is 0 Å². The first-order chi connectivity index (χ1) is 11.6. The molecule has 1 aliphatic heterocycles. The maximum Gasteiger partial charge on any atom is 0.204 e. The van der Waals surface area contributed by atoms with Crippen LogP contribution in [-0.4, -0.2) is 8.42 Å². The van der Waals surface area contributed by atoms with Gasteiger partial charge < -0.3 is 0 Å². The van der Waals surface area contributed by atoms with Gasteiger partial charge in [-0.2, -0.15) is 0 Å². The van der Waals surface area contributed by atoms with E-state index in [1.807, 2.05) is 53.9 Å². The molecule has 0 saturated heterocycles. The number of hydrogen-bond acceptors (Lipinski definition) is 4. The Bertz CT molecular complexity index is 1020. The summed E-state index contributed by atoms with van der Waals surface area (Å²) in [5.74, 6) is 0. The predicted octanol–water partition coefficient (Wildman–Crippen LogP) is 5.37. The highest BCUT2D eigenvalue weighted by Gasteiger charge is 2.29. The Morgan fingerprint density at radius 2 is 1.58 bits per heavy atom. The van der Waals surface area contributed by atoms with Crippen molar-refractivity contribution in [3.63, 3.8) is 0 Å². The van der Waals surface area contributed by atoms with Crippen LogP contribution in [0.4, 0.5) is 0 Å². The van der Waals surface area contributed by atoms with Crippen LogP contribution in [0, 0.1) is 0 Å². The van der Waals surface area contributed by atoms with Crippen LogP contribution in [0.2, 0.25) is 0 Å². The van der Waals surface area contributed by atoms with Crippen LogP contribution >= 0.6 is 22.7 Å². The largest absolute Gasteiger partial charge is 0.219 e. The van der Waals surface area contributed by atoms with Crippen LogP contribution in [-0.2, 0) is 16.3 Å². The van der Waals surface area contributed by atoms with Gasteiger partial charge in [-0.1, -0.05) is 36.4 Å². The SMILES string of the molecule is O=S1(=O)C(Cc2ccccc2)=CC=C1c1ccc(-c2cccs2)s1. The van der Waals surface area contributed by atoms with E-state index in [2.05, 4.69) is 6.07 Å². The molecule has 0 spiro atoms. The molecule has 4 rings (SSSR count). The van der Waals surface area contributed by atoms with Crippen LogP contribution < -0.4 is 0 Å². The topological polar surface area (TPSA) is 34.1 Å². The number of hydrogen-bond donors (Lipinski definition) is 0. The van der Waals surface area contributed by atoms with Gasteiger partial charge in [0.2, 0.25) is 9.84 Å². The molecule has 0 atom stereocenters. The molecule has 1 aliphatic rings. The number of thiophene rings is 2. The van der Waals surface area contributed by atoms with Crippen LogP contribution in [0.1, 0.15) is 10.4 Å². The fourth-order valence-corrected chi connectivity index (χ4v) is 6.36. The molecule has 120 valence electrons. The average molecular weight is 371 g/mol. The van der Waals surface area contributed by atoms with Crippen LogP contribution in [0.25, 0.3) is 14.7 Å². The summed E-state index contributed by atoms with van der Waals surface area (Å²) in [6, 6.07) is 17.7. The molecule has 24 heavy (non-hydrogen) atoms. The van der Waals surface area contributed by atoms with Gasteiger partial charge in [-0.05, 0) is 41.3 Å². The lowest BCUT2D eigenvalue weighted by Crippen LogP contribution is -2.04. The third kappa shape index (κ3) is 2.79. The van der Waals surface area contributed by atoms with Crippen molar-refractivity contribution in [3.8, 4) is 9.75 Å². The predicted molar refractivity (Wildman–Crippen MR) is 103 cm³/mol. The van der Waals surface area contributed by atoms with E-state index in [4.69, 9.17) is 0 Å². The van der Waals surface area contributed by atoms with E-state index in [0.29, 0.717) is 16.2 Å². The number of sulfone groups is 1. The summed E-state index contributed by atoms with van der Waals surface area (Å²) in [5, 5.41) is 2.03. The summed E-state index contributed by atoms with van der Waals surface area (Å²) < 4.78 is 25.7. The van der Waals surface area contributed by atoms with Gasteiger partial charge in [0, 0.05) is 21.1 Å². The standard InChI is InChI=1S/C19H14O2S3/c20-24(21)15(13-14-5-2-1-3-6-14)8-11-19(24)18-10-9-17(23-18)16-7-4-12-22-16/h1-12H,13H2. The lowest BCUT2D eigenvalue weighted by atomic mass is 10.1. The quantitative estimate of drug-likeness (QED) is 0.618. The molecule has 0 aliphatic carbocycles. The van der Waals surface area contributed by atoms with Crippen molar-refractivity contribution in [1.29, 1.82) is 0 Å². The summed E-state index contributed by atoms with van der Waals surface area (Å²) in [4.78, 5) is 3.96. The van der Waals surface area contributed by atoms with E-state index in [9.17, 15) is 8.42 Å². The average Bonchev–Trinajstić information content (AvgIpc) is 3.29. The zero-order chi connectivity index (χ0) is 16.6. The first-order valence-corrected chi connectivity index (χ1v) is 10.7. The smallest absolute Gasteiger partial charge is 0.204 e. The second-order valence-corrected chi connectivity index (χ2v) is 9.47. The number of rotatable bonds is 4. The van der Waals surface area contributed by atoms with Crippen LogP contribution in [0.5, 0.6) is 0 Å². The first kappa shape index (κ1) is 15.6. The molecule has 0 unspecified atom stereocenters. The number of allylic oxidation sites excluding steroid dienone is 3. The molecule has 0 amide bonds. The molecular weight excluding hydrogens is 356 g/mol. The maximum atomic E-state index is 12.9. The molecule has 0 N–H and O–H groups in total. The Morgan fingerprint density at radius 1 is 0.792 bits per heavy atom. The third-order valence-corrected chi connectivity index (χ3v) is 8.11. The molecule has 1 aromatic carbocycles. The molecule has 3 heterocycles. The summed E-state index contributed by atoms with van der Waals surface area (Å²) in [5.41, 5.74) is 1.01. The summed E-state index contributed by atoms with van der Waals surface area (Å²) >= 11 is 3.19. The zero-order valence-corrected chi connectivity index (χ0v) is 15.1. The summed E-state index contributed by atoms with van der Waals surface area (Å²) in [6.45, 7) is 0. The van der Waals surface area contributed by atoms with Crippen molar-refractivity contribution in [1.82, 2.24) is 0 Å². The minimum Gasteiger partial charge on any atom is -0.219 e. The van der Waals surface area contributed by atoms with E-state index in [1.165, 1.54) is 16.2 Å². The Labute approximate surface area is 149 Å². The van der Waals surface area contributed by atoms with Crippen molar-refractivity contribution < 1.29 is 8.42 Å². The Kier molecular flexibility index (Phi) is 4.00. The zero-order valence-electron chi connectivity index (χ0n) is 12.7. The molecule has 5 heteroatoms. The third-order valence-electron chi connectivity index (χ3n) is 3.89. The van der Waals surface area contributed by atoms with E-state index < -0.39 is 9.84 Å². The molecule has 2 aromatic heterocycles. The monoisotopic (exact) mass is 370 g/mol. The molecule has 0 bridgehead atoms. The highest BCUT2D eigenvalue weighted by atomic mass is 32.2. The van der Waals surface area contributed by atoms with Gasteiger partial charge in [0.25, 0.3) is 0 Å².